The van der Waals surface area contributed by atoms with Gasteiger partial charge in [0, 0.05) is 49.7 Å². The quantitative estimate of drug-likeness (QED) is 0.187. The normalized spacial score (nSPS) is 10.9. The van der Waals surface area contributed by atoms with Gasteiger partial charge >= 0.3 is 0 Å². The zero-order chi connectivity index (χ0) is 27.1. The largest absolute Gasteiger partial charge is 0.397 e. The molecule has 0 unspecified atom stereocenters. The summed E-state index contributed by atoms with van der Waals surface area (Å²) in [6, 6.07) is 20.2. The number of halogens is 2. The number of carbonyl (C=O) groups excluding carboxylic acids is 2. The standard InChI is InChI=1S/C28H30Cl2N6O2/c1-35-25-11-10-21(36(14-12-29)15-13-30)16-24(25)33-26(35)17-27(37)32-18-19-6-8-20(9-7-19)28(38)34-23-5-3-2-4-22(23)31/h2-11,16H,12-15,17-18,31H2,1H3,(H,32,37)(H,34,38). The Bertz CT molecular complexity index is 1410. The number of amides is 2. The molecule has 4 N–H and O–H groups in total. The minimum absolute atomic E-state index is 0.143. The van der Waals surface area contributed by atoms with E-state index in [1.165, 1.54) is 0 Å². The van der Waals surface area contributed by atoms with E-state index in [0.29, 0.717) is 54.2 Å². The molecule has 0 saturated carbocycles. The van der Waals surface area contributed by atoms with Crippen LogP contribution in [0.15, 0.2) is 66.7 Å². The summed E-state index contributed by atoms with van der Waals surface area (Å²) in [5.74, 6) is 1.28. The number of nitrogens with one attached hydrogen (secondary N) is 2. The van der Waals surface area contributed by atoms with Gasteiger partial charge in [-0.25, -0.2) is 4.98 Å². The van der Waals surface area contributed by atoms with E-state index in [1.54, 1.807) is 24.3 Å². The summed E-state index contributed by atoms with van der Waals surface area (Å²) in [6.45, 7) is 1.72. The van der Waals surface area contributed by atoms with E-state index in [1.807, 2.05) is 54.1 Å². The van der Waals surface area contributed by atoms with E-state index in [0.717, 1.165) is 22.3 Å². The molecular weight excluding hydrogens is 523 g/mol. The maximum atomic E-state index is 12.7. The third kappa shape index (κ3) is 6.57. The molecule has 1 aromatic heterocycles. The molecule has 0 aliphatic carbocycles. The van der Waals surface area contributed by atoms with Crippen LogP contribution in [0, 0.1) is 0 Å². The lowest BCUT2D eigenvalue weighted by molar-refractivity contribution is -0.120. The van der Waals surface area contributed by atoms with Crippen molar-refractivity contribution in [1.29, 1.82) is 0 Å². The molecule has 0 fully saturated rings. The maximum absolute atomic E-state index is 12.7. The van der Waals surface area contributed by atoms with E-state index in [9.17, 15) is 9.59 Å². The molecule has 4 aromatic rings. The second kappa shape index (κ2) is 12.7. The Hall–Kier alpha value is -3.75. The Balaban J connectivity index is 1.35. The second-order valence-electron chi connectivity index (χ2n) is 8.82. The Morgan fingerprint density at radius 2 is 1.71 bits per heavy atom. The zero-order valence-corrected chi connectivity index (χ0v) is 22.6. The molecule has 0 aliphatic rings. The number of fused-ring (bicyclic) bond motifs is 1. The molecule has 10 heteroatoms. The fourth-order valence-corrected chi connectivity index (χ4v) is 4.56. The van der Waals surface area contributed by atoms with Crippen LogP contribution < -0.4 is 21.3 Å². The van der Waals surface area contributed by atoms with Gasteiger partial charge < -0.3 is 25.8 Å². The number of benzene rings is 3. The molecular formula is C28H30Cl2N6O2. The molecule has 38 heavy (non-hydrogen) atoms. The van der Waals surface area contributed by atoms with E-state index in [4.69, 9.17) is 33.9 Å². The predicted molar refractivity (Wildman–Crippen MR) is 155 cm³/mol. The molecule has 3 aromatic carbocycles. The van der Waals surface area contributed by atoms with Crippen LogP contribution in [0.3, 0.4) is 0 Å². The summed E-state index contributed by atoms with van der Waals surface area (Å²) in [4.78, 5) is 32.0. The topological polar surface area (TPSA) is 105 Å². The van der Waals surface area contributed by atoms with Gasteiger partial charge in [0.1, 0.15) is 5.82 Å². The number of para-hydroxylation sites is 2. The van der Waals surface area contributed by atoms with Gasteiger partial charge in [-0.1, -0.05) is 24.3 Å². The zero-order valence-electron chi connectivity index (χ0n) is 21.1. The first kappa shape index (κ1) is 27.3. The lowest BCUT2D eigenvalue weighted by atomic mass is 10.1. The number of nitrogen functional groups attached to an aromatic ring is 1. The number of hydrogen-bond donors (Lipinski definition) is 3. The average molecular weight is 553 g/mol. The molecule has 0 radical (unpaired) electrons. The van der Waals surface area contributed by atoms with Crippen LogP contribution in [0.4, 0.5) is 17.1 Å². The van der Waals surface area contributed by atoms with Crippen molar-refractivity contribution in [3.05, 3.63) is 83.7 Å². The van der Waals surface area contributed by atoms with E-state index in [2.05, 4.69) is 15.5 Å². The monoisotopic (exact) mass is 552 g/mol. The Morgan fingerprint density at radius 3 is 2.39 bits per heavy atom. The molecule has 1 heterocycles. The molecule has 0 bridgehead atoms. The fraction of sp³-hybridized carbons (Fsp3) is 0.250. The number of imidazole rings is 1. The fourth-order valence-electron chi connectivity index (χ4n) is 4.15. The lowest BCUT2D eigenvalue weighted by Crippen LogP contribution is -2.27. The first-order valence-electron chi connectivity index (χ1n) is 12.2. The Morgan fingerprint density at radius 1 is 1.00 bits per heavy atom. The van der Waals surface area contributed by atoms with Crippen LogP contribution in [0.1, 0.15) is 21.7 Å². The highest BCUT2D eigenvalue weighted by Crippen LogP contribution is 2.23. The molecule has 4 rings (SSSR count). The molecule has 0 atom stereocenters. The van der Waals surface area contributed by atoms with E-state index >= 15 is 0 Å². The summed E-state index contributed by atoms with van der Waals surface area (Å²) in [5, 5.41) is 5.74. The van der Waals surface area contributed by atoms with Crippen LogP contribution in [0.2, 0.25) is 0 Å². The van der Waals surface area contributed by atoms with Crippen molar-refractivity contribution in [1.82, 2.24) is 14.9 Å². The van der Waals surface area contributed by atoms with Crippen LogP contribution in [0.5, 0.6) is 0 Å². The number of aromatic nitrogens is 2. The van der Waals surface area contributed by atoms with Gasteiger partial charge in [-0.05, 0) is 48.0 Å². The Labute approximate surface area is 231 Å². The van der Waals surface area contributed by atoms with Crippen molar-refractivity contribution >= 4 is 63.1 Å². The third-order valence-electron chi connectivity index (χ3n) is 6.26. The molecule has 198 valence electrons. The van der Waals surface area contributed by atoms with Crippen molar-refractivity contribution in [3.63, 3.8) is 0 Å². The maximum Gasteiger partial charge on any atom is 0.255 e. The summed E-state index contributed by atoms with van der Waals surface area (Å²) in [5.41, 5.74) is 11.1. The van der Waals surface area contributed by atoms with E-state index in [-0.39, 0.29) is 18.2 Å². The number of rotatable bonds is 11. The smallest absolute Gasteiger partial charge is 0.255 e. The predicted octanol–water partition coefficient (Wildman–Crippen LogP) is 4.55. The molecule has 0 aliphatic heterocycles. The minimum atomic E-state index is -0.253. The highest BCUT2D eigenvalue weighted by molar-refractivity contribution is 6.18. The van der Waals surface area contributed by atoms with Gasteiger partial charge in [0.25, 0.3) is 5.91 Å². The first-order chi connectivity index (χ1) is 18.4. The molecule has 8 nitrogen and oxygen atoms in total. The number of nitrogens with zero attached hydrogens (tertiary/aromatic N) is 3. The van der Waals surface area contributed by atoms with Crippen molar-refractivity contribution in [2.45, 2.75) is 13.0 Å². The SMILES string of the molecule is Cn1c(CC(=O)NCc2ccc(C(=O)Nc3ccccc3N)cc2)nc2cc(N(CCCl)CCCl)ccc21. The van der Waals surface area contributed by atoms with Gasteiger partial charge in [-0.3, -0.25) is 9.59 Å². The van der Waals surface area contributed by atoms with Crippen LogP contribution in [0.25, 0.3) is 11.0 Å². The van der Waals surface area contributed by atoms with Crippen LogP contribution in [-0.2, 0) is 24.8 Å². The van der Waals surface area contributed by atoms with Crippen molar-refractivity contribution in [2.24, 2.45) is 7.05 Å². The number of hydrogen-bond acceptors (Lipinski definition) is 5. The number of anilines is 3. The van der Waals surface area contributed by atoms with Crippen molar-refractivity contribution in [3.8, 4) is 0 Å². The summed E-state index contributed by atoms with van der Waals surface area (Å²) >= 11 is 11.9. The summed E-state index contributed by atoms with van der Waals surface area (Å²) in [6.07, 6.45) is 0.145. The van der Waals surface area contributed by atoms with Gasteiger partial charge in [0.05, 0.1) is 28.8 Å². The van der Waals surface area contributed by atoms with Gasteiger partial charge in [-0.2, -0.15) is 0 Å². The number of aryl methyl sites for hydroxylation is 1. The van der Waals surface area contributed by atoms with E-state index < -0.39 is 0 Å². The third-order valence-corrected chi connectivity index (χ3v) is 6.60. The molecule has 0 saturated heterocycles. The average Bonchev–Trinajstić information content (AvgIpc) is 3.23. The van der Waals surface area contributed by atoms with Crippen LogP contribution >= 0.6 is 23.2 Å². The first-order valence-corrected chi connectivity index (χ1v) is 13.3. The van der Waals surface area contributed by atoms with Crippen LogP contribution in [-0.4, -0.2) is 46.2 Å². The number of alkyl halides is 2. The minimum Gasteiger partial charge on any atom is -0.397 e. The number of carbonyl (C=O) groups is 2. The van der Waals surface area contributed by atoms with Crippen molar-refractivity contribution in [2.75, 3.05) is 40.8 Å². The lowest BCUT2D eigenvalue weighted by Gasteiger charge is -2.22. The molecule has 2 amide bonds. The Kier molecular flexibility index (Phi) is 9.10. The number of nitrogens with two attached hydrogens (primary N) is 1. The summed E-state index contributed by atoms with van der Waals surface area (Å²) in [7, 11) is 1.90. The molecule has 0 spiro atoms. The van der Waals surface area contributed by atoms with Gasteiger partial charge in [0.2, 0.25) is 5.91 Å². The van der Waals surface area contributed by atoms with Crippen molar-refractivity contribution < 1.29 is 9.59 Å². The second-order valence-corrected chi connectivity index (χ2v) is 9.57. The highest BCUT2D eigenvalue weighted by Gasteiger charge is 2.14. The van der Waals surface area contributed by atoms with Gasteiger partial charge in [0.15, 0.2) is 0 Å². The highest BCUT2D eigenvalue weighted by atomic mass is 35.5. The summed E-state index contributed by atoms with van der Waals surface area (Å²) < 4.78 is 1.93. The van der Waals surface area contributed by atoms with Gasteiger partial charge in [-0.15, -0.1) is 23.2 Å².